The second-order valence-corrected chi connectivity index (χ2v) is 6.17. The fraction of sp³-hybridized carbons (Fsp3) is 0.500. The maximum atomic E-state index is 11.8. The highest BCUT2D eigenvalue weighted by Crippen LogP contribution is 2.24. The third-order valence-corrected chi connectivity index (χ3v) is 4.14. The molecule has 106 valence electrons. The lowest BCUT2D eigenvalue weighted by atomic mass is 10.2. The zero-order chi connectivity index (χ0) is 14.1. The summed E-state index contributed by atoms with van der Waals surface area (Å²) < 4.78 is 0.595. The van der Waals surface area contributed by atoms with E-state index in [4.69, 9.17) is 0 Å². The van der Waals surface area contributed by atoms with Crippen LogP contribution in [0.4, 0.5) is 0 Å². The Morgan fingerprint density at radius 1 is 1.32 bits per heavy atom. The zero-order valence-corrected chi connectivity index (χ0v) is 13.5. The van der Waals surface area contributed by atoms with Gasteiger partial charge in [-0.15, -0.1) is 0 Å². The predicted octanol–water partition coefficient (Wildman–Crippen LogP) is 3.81. The molecule has 0 radical (unpaired) electrons. The van der Waals surface area contributed by atoms with Crippen LogP contribution in [0.3, 0.4) is 0 Å². The summed E-state index contributed by atoms with van der Waals surface area (Å²) in [5.41, 5.74) is 0.489. The van der Waals surface area contributed by atoms with E-state index >= 15 is 0 Å². The number of unbranched alkanes of at least 4 members (excludes halogenated alkanes) is 3. The summed E-state index contributed by atoms with van der Waals surface area (Å²) in [7, 11) is 0. The SMILES string of the molecule is CSCCCCCCNC(=O)c1ccc(Br)c(O)c1. The second kappa shape index (κ2) is 9.26. The van der Waals surface area contributed by atoms with Crippen molar-refractivity contribution in [2.24, 2.45) is 0 Å². The van der Waals surface area contributed by atoms with Crippen LogP contribution < -0.4 is 5.32 Å². The maximum absolute atomic E-state index is 11.8. The van der Waals surface area contributed by atoms with E-state index in [1.165, 1.54) is 24.7 Å². The number of hydrogen-bond acceptors (Lipinski definition) is 3. The molecule has 0 saturated heterocycles. The van der Waals surface area contributed by atoms with E-state index in [1.807, 2.05) is 11.8 Å². The number of benzene rings is 1. The van der Waals surface area contributed by atoms with Gasteiger partial charge in [0.15, 0.2) is 0 Å². The van der Waals surface area contributed by atoms with Gasteiger partial charge < -0.3 is 10.4 Å². The van der Waals surface area contributed by atoms with Crippen LogP contribution in [0.1, 0.15) is 36.0 Å². The van der Waals surface area contributed by atoms with Crippen molar-refractivity contribution in [2.45, 2.75) is 25.7 Å². The number of carbonyl (C=O) groups is 1. The molecule has 2 N–H and O–H groups in total. The van der Waals surface area contributed by atoms with Gasteiger partial charge in [0.2, 0.25) is 0 Å². The van der Waals surface area contributed by atoms with Crippen LogP contribution in [0.2, 0.25) is 0 Å². The molecule has 0 heterocycles. The molecule has 0 unspecified atom stereocenters. The second-order valence-electron chi connectivity index (χ2n) is 4.33. The standard InChI is InChI=1S/C14H20BrNO2S/c1-19-9-5-3-2-4-8-16-14(18)11-6-7-12(15)13(17)10-11/h6-7,10,17H,2-5,8-9H2,1H3,(H,16,18). The summed E-state index contributed by atoms with van der Waals surface area (Å²) in [6, 6.07) is 4.84. The van der Waals surface area contributed by atoms with Gasteiger partial charge in [-0.3, -0.25) is 4.79 Å². The molecule has 19 heavy (non-hydrogen) atoms. The highest BCUT2D eigenvalue weighted by atomic mass is 79.9. The molecule has 0 aromatic heterocycles. The van der Waals surface area contributed by atoms with Crippen molar-refractivity contribution in [2.75, 3.05) is 18.6 Å². The number of amides is 1. The number of nitrogens with one attached hydrogen (secondary N) is 1. The van der Waals surface area contributed by atoms with Crippen LogP contribution in [-0.2, 0) is 0 Å². The fourth-order valence-electron chi connectivity index (χ4n) is 1.68. The van der Waals surface area contributed by atoms with Gasteiger partial charge in [0.1, 0.15) is 5.75 Å². The fourth-order valence-corrected chi connectivity index (χ4v) is 2.42. The van der Waals surface area contributed by atoms with Crippen molar-refractivity contribution in [1.29, 1.82) is 0 Å². The number of carbonyl (C=O) groups excluding carboxylic acids is 1. The lowest BCUT2D eigenvalue weighted by molar-refractivity contribution is 0.0952. The van der Waals surface area contributed by atoms with Crippen molar-refractivity contribution in [3.63, 3.8) is 0 Å². The van der Waals surface area contributed by atoms with E-state index in [-0.39, 0.29) is 11.7 Å². The number of phenolic OH excluding ortho intramolecular Hbond substituents is 1. The Kier molecular flexibility index (Phi) is 7.98. The first-order chi connectivity index (χ1) is 9.15. The van der Waals surface area contributed by atoms with Gasteiger partial charge in [0, 0.05) is 12.1 Å². The number of phenols is 1. The highest BCUT2D eigenvalue weighted by molar-refractivity contribution is 9.10. The molecule has 0 bridgehead atoms. The third kappa shape index (κ3) is 6.34. The monoisotopic (exact) mass is 345 g/mol. The third-order valence-electron chi connectivity index (χ3n) is 2.77. The topological polar surface area (TPSA) is 49.3 Å². The Morgan fingerprint density at radius 3 is 2.74 bits per heavy atom. The average molecular weight is 346 g/mol. The maximum Gasteiger partial charge on any atom is 0.251 e. The van der Waals surface area contributed by atoms with Gasteiger partial charge >= 0.3 is 0 Å². The molecule has 1 aromatic carbocycles. The molecule has 0 aliphatic heterocycles. The lowest BCUT2D eigenvalue weighted by Crippen LogP contribution is -2.24. The molecule has 1 amide bonds. The van der Waals surface area contributed by atoms with E-state index < -0.39 is 0 Å². The largest absolute Gasteiger partial charge is 0.507 e. The number of aromatic hydroxyl groups is 1. The summed E-state index contributed by atoms with van der Waals surface area (Å²) in [6.45, 7) is 0.689. The highest BCUT2D eigenvalue weighted by Gasteiger charge is 2.07. The summed E-state index contributed by atoms with van der Waals surface area (Å²) in [4.78, 5) is 11.8. The van der Waals surface area contributed by atoms with Crippen molar-refractivity contribution in [3.05, 3.63) is 28.2 Å². The van der Waals surface area contributed by atoms with Crippen LogP contribution in [-0.4, -0.2) is 29.6 Å². The van der Waals surface area contributed by atoms with Gasteiger partial charge in [-0.1, -0.05) is 12.8 Å². The van der Waals surface area contributed by atoms with E-state index in [1.54, 1.807) is 12.1 Å². The quantitative estimate of drug-likeness (QED) is 0.704. The molecule has 1 aromatic rings. The molecule has 0 atom stereocenters. The molecule has 0 spiro atoms. The molecule has 0 fully saturated rings. The van der Waals surface area contributed by atoms with Crippen LogP contribution in [0.5, 0.6) is 5.75 Å². The van der Waals surface area contributed by atoms with Crippen molar-refractivity contribution in [3.8, 4) is 5.75 Å². The molecular formula is C14H20BrNO2S. The summed E-state index contributed by atoms with van der Waals surface area (Å²) in [5.74, 6) is 1.17. The summed E-state index contributed by atoms with van der Waals surface area (Å²) in [6.07, 6.45) is 6.73. The first kappa shape index (κ1) is 16.4. The zero-order valence-electron chi connectivity index (χ0n) is 11.1. The number of halogens is 1. The van der Waals surface area contributed by atoms with E-state index in [9.17, 15) is 9.90 Å². The summed E-state index contributed by atoms with van der Waals surface area (Å²) in [5, 5.41) is 12.4. The van der Waals surface area contributed by atoms with E-state index in [2.05, 4.69) is 27.5 Å². The Morgan fingerprint density at radius 2 is 2.05 bits per heavy atom. The van der Waals surface area contributed by atoms with Gasteiger partial charge in [-0.2, -0.15) is 11.8 Å². The Labute approximate surface area is 127 Å². The average Bonchev–Trinajstić information content (AvgIpc) is 2.40. The van der Waals surface area contributed by atoms with Crippen LogP contribution in [0.25, 0.3) is 0 Å². The van der Waals surface area contributed by atoms with Crippen LogP contribution in [0.15, 0.2) is 22.7 Å². The van der Waals surface area contributed by atoms with Crippen molar-refractivity contribution >= 4 is 33.6 Å². The van der Waals surface area contributed by atoms with E-state index in [0.29, 0.717) is 16.6 Å². The molecule has 1 rings (SSSR count). The van der Waals surface area contributed by atoms with Gasteiger partial charge in [0.05, 0.1) is 4.47 Å². The molecule has 5 heteroatoms. The Hall–Kier alpha value is -0.680. The first-order valence-corrected chi connectivity index (χ1v) is 8.59. The summed E-state index contributed by atoms with van der Waals surface area (Å²) >= 11 is 5.06. The Balaban J connectivity index is 2.22. The van der Waals surface area contributed by atoms with Crippen molar-refractivity contribution in [1.82, 2.24) is 5.32 Å². The first-order valence-electron chi connectivity index (χ1n) is 6.41. The minimum Gasteiger partial charge on any atom is -0.507 e. The van der Waals surface area contributed by atoms with E-state index in [0.717, 1.165) is 12.8 Å². The number of hydrogen-bond donors (Lipinski definition) is 2. The van der Waals surface area contributed by atoms with Crippen LogP contribution >= 0.6 is 27.7 Å². The molecule has 3 nitrogen and oxygen atoms in total. The molecule has 0 aliphatic rings. The molecule has 0 saturated carbocycles. The Bertz CT molecular complexity index is 412. The smallest absolute Gasteiger partial charge is 0.251 e. The minimum absolute atomic E-state index is 0.0877. The van der Waals surface area contributed by atoms with Gasteiger partial charge in [-0.25, -0.2) is 0 Å². The minimum atomic E-state index is -0.132. The van der Waals surface area contributed by atoms with Gasteiger partial charge in [-0.05, 0) is 59.0 Å². The normalized spacial score (nSPS) is 10.4. The molecular weight excluding hydrogens is 326 g/mol. The van der Waals surface area contributed by atoms with Crippen LogP contribution in [0, 0.1) is 0 Å². The lowest BCUT2D eigenvalue weighted by Gasteiger charge is -2.06. The molecule has 0 aliphatic carbocycles. The van der Waals surface area contributed by atoms with Gasteiger partial charge in [0.25, 0.3) is 5.91 Å². The predicted molar refractivity (Wildman–Crippen MR) is 85.0 cm³/mol. The number of rotatable bonds is 8. The van der Waals surface area contributed by atoms with Crippen molar-refractivity contribution < 1.29 is 9.90 Å². The number of thioether (sulfide) groups is 1.